The Bertz CT molecular complexity index is 575. The molecule has 26 heavy (non-hydrogen) atoms. The summed E-state index contributed by atoms with van der Waals surface area (Å²) in [5.41, 5.74) is -0.954. The molecule has 0 saturated carbocycles. The van der Waals surface area contributed by atoms with Crippen molar-refractivity contribution in [2.75, 3.05) is 13.2 Å². The van der Waals surface area contributed by atoms with Crippen LogP contribution in [0.3, 0.4) is 0 Å². The number of likely N-dealkylation sites (tertiary alicyclic amines) is 1. The Hall–Kier alpha value is -2.31. The van der Waals surface area contributed by atoms with Gasteiger partial charge >= 0.3 is 18.0 Å². The number of ether oxygens (including phenoxy) is 3. The van der Waals surface area contributed by atoms with Crippen LogP contribution in [0, 0.1) is 0 Å². The molecule has 1 rings (SSSR count). The van der Waals surface area contributed by atoms with Crippen LogP contribution in [-0.4, -0.2) is 53.3 Å². The number of amides is 1. The van der Waals surface area contributed by atoms with Crippen LogP contribution < -0.4 is 0 Å². The molecule has 1 saturated heterocycles. The van der Waals surface area contributed by atoms with Crippen molar-refractivity contribution in [3.63, 3.8) is 0 Å². The van der Waals surface area contributed by atoms with E-state index in [2.05, 4.69) is 13.2 Å². The maximum atomic E-state index is 12.4. The van der Waals surface area contributed by atoms with Crippen LogP contribution in [0.2, 0.25) is 0 Å². The van der Waals surface area contributed by atoms with Crippen LogP contribution >= 0.6 is 0 Å². The number of rotatable bonds is 6. The van der Waals surface area contributed by atoms with Crippen LogP contribution in [-0.2, 0) is 23.8 Å². The minimum Gasteiger partial charge on any atom is -0.460 e. The number of nitrogens with zero attached hydrogens (tertiary/aromatic N) is 1. The Balaban J connectivity index is 2.75. The normalized spacial score (nSPS) is 18.6. The summed E-state index contributed by atoms with van der Waals surface area (Å²) >= 11 is 0. The third-order valence-electron chi connectivity index (χ3n) is 4.14. The van der Waals surface area contributed by atoms with Crippen LogP contribution in [0.1, 0.15) is 47.5 Å². The fourth-order valence-electron chi connectivity index (χ4n) is 3.43. The van der Waals surface area contributed by atoms with Crippen LogP contribution in [0.25, 0.3) is 0 Å². The van der Waals surface area contributed by atoms with Crippen LogP contribution in [0.15, 0.2) is 24.8 Å². The summed E-state index contributed by atoms with van der Waals surface area (Å²) in [6.07, 6.45) is 1.57. The lowest BCUT2D eigenvalue weighted by Crippen LogP contribution is -2.64. The largest absolute Gasteiger partial charge is 0.460 e. The average Bonchev–Trinajstić information content (AvgIpc) is 2.47. The van der Waals surface area contributed by atoms with Crippen molar-refractivity contribution in [1.82, 2.24) is 4.90 Å². The van der Waals surface area contributed by atoms with E-state index >= 15 is 0 Å². The maximum absolute atomic E-state index is 12.4. The molecule has 0 aromatic rings. The number of piperidine rings is 1. The van der Waals surface area contributed by atoms with E-state index in [0.717, 1.165) is 0 Å². The van der Waals surface area contributed by atoms with Crippen LogP contribution in [0.5, 0.6) is 0 Å². The predicted molar refractivity (Wildman–Crippen MR) is 96.4 cm³/mol. The fourth-order valence-corrected chi connectivity index (χ4v) is 3.43. The second kappa shape index (κ2) is 8.38. The zero-order valence-electron chi connectivity index (χ0n) is 16.3. The average molecular weight is 367 g/mol. The van der Waals surface area contributed by atoms with Gasteiger partial charge < -0.3 is 14.2 Å². The highest BCUT2D eigenvalue weighted by molar-refractivity contribution is 5.88. The Labute approximate surface area is 155 Å². The molecule has 1 amide bonds. The molecule has 0 spiro atoms. The number of hydrogen-bond acceptors (Lipinski definition) is 6. The summed E-state index contributed by atoms with van der Waals surface area (Å²) in [5, 5.41) is 0. The molecule has 0 bridgehead atoms. The summed E-state index contributed by atoms with van der Waals surface area (Å²) in [4.78, 5) is 37.4. The molecule has 0 aromatic heterocycles. The van der Waals surface area contributed by atoms with Gasteiger partial charge in [-0.1, -0.05) is 19.2 Å². The Morgan fingerprint density at radius 2 is 1.65 bits per heavy atom. The van der Waals surface area contributed by atoms with E-state index in [1.54, 1.807) is 4.90 Å². The van der Waals surface area contributed by atoms with Gasteiger partial charge in [0, 0.05) is 29.5 Å². The molecule has 0 aliphatic carbocycles. The number of hydrogen-bond donors (Lipinski definition) is 0. The number of carbonyl (C=O) groups excluding carboxylic acids is 3. The number of carbonyl (C=O) groups is 3. The summed E-state index contributed by atoms with van der Waals surface area (Å²) in [6, 6.07) is 0. The highest BCUT2D eigenvalue weighted by Gasteiger charge is 2.49. The monoisotopic (exact) mass is 367 g/mol. The lowest BCUT2D eigenvalue weighted by Gasteiger charge is -2.53. The van der Waals surface area contributed by atoms with Crippen molar-refractivity contribution in [3.8, 4) is 0 Å². The first-order chi connectivity index (χ1) is 11.9. The van der Waals surface area contributed by atoms with E-state index in [1.807, 2.05) is 27.7 Å². The van der Waals surface area contributed by atoms with Crippen molar-refractivity contribution < 1.29 is 28.6 Å². The van der Waals surface area contributed by atoms with Gasteiger partial charge in [0.1, 0.15) is 12.7 Å². The molecule has 1 heterocycles. The lowest BCUT2D eigenvalue weighted by molar-refractivity contribution is -0.167. The molecule has 0 unspecified atom stereocenters. The molecule has 7 nitrogen and oxygen atoms in total. The summed E-state index contributed by atoms with van der Waals surface area (Å²) in [5.74, 6) is -1.26. The van der Waals surface area contributed by atoms with Gasteiger partial charge in [0.15, 0.2) is 6.61 Å². The van der Waals surface area contributed by atoms with Crippen molar-refractivity contribution >= 4 is 18.0 Å². The SMILES string of the molecule is C=CCOC(=O)N1C(C)(C)CC(OC(=O)COC(=O)C(=C)C)CC1(C)C. The molecule has 7 heteroatoms. The van der Waals surface area contributed by atoms with E-state index in [1.165, 1.54) is 13.0 Å². The first kappa shape index (κ1) is 21.7. The van der Waals surface area contributed by atoms with Gasteiger partial charge in [-0.25, -0.2) is 14.4 Å². The molecule has 0 N–H and O–H groups in total. The summed E-state index contributed by atoms with van der Waals surface area (Å²) in [6.45, 7) is 15.7. The molecular formula is C19H29NO6. The van der Waals surface area contributed by atoms with Crippen LogP contribution in [0.4, 0.5) is 4.79 Å². The van der Waals surface area contributed by atoms with Gasteiger partial charge in [-0.05, 0) is 34.6 Å². The first-order valence-electron chi connectivity index (χ1n) is 8.51. The predicted octanol–water partition coefficient (Wildman–Crippen LogP) is 2.99. The topological polar surface area (TPSA) is 82.1 Å². The number of esters is 2. The third-order valence-corrected chi connectivity index (χ3v) is 4.14. The maximum Gasteiger partial charge on any atom is 0.410 e. The van der Waals surface area contributed by atoms with E-state index in [-0.39, 0.29) is 12.2 Å². The van der Waals surface area contributed by atoms with Crippen molar-refractivity contribution in [2.24, 2.45) is 0 Å². The minimum absolute atomic E-state index is 0.133. The van der Waals surface area contributed by atoms with E-state index in [4.69, 9.17) is 14.2 Å². The highest BCUT2D eigenvalue weighted by atomic mass is 16.6. The zero-order chi connectivity index (χ0) is 20.1. The summed E-state index contributed by atoms with van der Waals surface area (Å²) in [7, 11) is 0. The van der Waals surface area contributed by atoms with Crippen molar-refractivity contribution in [2.45, 2.75) is 64.6 Å². The van der Waals surface area contributed by atoms with E-state index < -0.39 is 41.8 Å². The van der Waals surface area contributed by atoms with Crippen molar-refractivity contribution in [1.29, 1.82) is 0 Å². The second-order valence-electron chi connectivity index (χ2n) is 7.70. The molecule has 1 aliphatic heterocycles. The van der Waals surface area contributed by atoms with Gasteiger partial charge in [-0.3, -0.25) is 4.90 Å². The van der Waals surface area contributed by atoms with Gasteiger partial charge in [0.05, 0.1) is 0 Å². The second-order valence-corrected chi connectivity index (χ2v) is 7.70. The molecule has 0 radical (unpaired) electrons. The zero-order valence-corrected chi connectivity index (χ0v) is 16.3. The first-order valence-corrected chi connectivity index (χ1v) is 8.51. The lowest BCUT2D eigenvalue weighted by atomic mass is 9.78. The third kappa shape index (κ3) is 5.61. The van der Waals surface area contributed by atoms with E-state index in [9.17, 15) is 14.4 Å². The van der Waals surface area contributed by atoms with Gasteiger partial charge in [-0.2, -0.15) is 0 Å². The van der Waals surface area contributed by atoms with Crippen molar-refractivity contribution in [3.05, 3.63) is 24.8 Å². The quantitative estimate of drug-likeness (QED) is 0.311. The Kier molecular flexibility index (Phi) is 7.00. The van der Waals surface area contributed by atoms with Gasteiger partial charge in [0.2, 0.25) is 0 Å². The van der Waals surface area contributed by atoms with E-state index in [0.29, 0.717) is 12.8 Å². The highest BCUT2D eigenvalue weighted by Crippen LogP contribution is 2.40. The molecule has 1 fully saturated rings. The molecule has 0 atom stereocenters. The van der Waals surface area contributed by atoms with Gasteiger partial charge in [-0.15, -0.1) is 0 Å². The van der Waals surface area contributed by atoms with Gasteiger partial charge in [0.25, 0.3) is 0 Å². The standard InChI is InChI=1S/C19H29NO6/c1-8-9-24-17(23)20-18(4,5)10-14(11-19(20,6)7)26-15(21)12-25-16(22)13(2)3/h8,14H,1-2,9-12H2,3-7H3. The Morgan fingerprint density at radius 3 is 2.12 bits per heavy atom. The molecule has 0 aromatic carbocycles. The fraction of sp³-hybridized carbons (Fsp3) is 0.632. The molecule has 146 valence electrons. The molecule has 1 aliphatic rings. The summed E-state index contributed by atoms with van der Waals surface area (Å²) < 4.78 is 15.5. The molecular weight excluding hydrogens is 338 g/mol. The minimum atomic E-state index is -0.637. The smallest absolute Gasteiger partial charge is 0.410 e. The Morgan fingerprint density at radius 1 is 1.12 bits per heavy atom.